The Balaban J connectivity index is 1.54. The van der Waals surface area contributed by atoms with Crippen LogP contribution in [0.15, 0.2) is 49.2 Å². The van der Waals surface area contributed by atoms with E-state index in [-0.39, 0.29) is 10.2 Å². The highest BCUT2D eigenvalue weighted by Gasteiger charge is 2.23. The van der Waals surface area contributed by atoms with E-state index in [4.69, 9.17) is 4.98 Å². The van der Waals surface area contributed by atoms with Crippen molar-refractivity contribution < 1.29 is 0 Å². The fourth-order valence-corrected chi connectivity index (χ4v) is 4.00. The third-order valence-electron chi connectivity index (χ3n) is 4.92. The maximum Gasteiger partial charge on any atom is 0.155 e. The zero-order valence-electron chi connectivity index (χ0n) is 16.5. The Kier molecular flexibility index (Phi) is 4.26. The molecule has 0 aromatic carbocycles. The van der Waals surface area contributed by atoms with E-state index in [2.05, 4.69) is 85.9 Å². The third kappa shape index (κ3) is 3.58. The molecule has 0 saturated carbocycles. The van der Waals surface area contributed by atoms with Gasteiger partial charge in [0.25, 0.3) is 0 Å². The predicted molar refractivity (Wildman–Crippen MR) is 111 cm³/mol. The summed E-state index contributed by atoms with van der Waals surface area (Å²) in [5.74, 6) is 0.856. The van der Waals surface area contributed by atoms with Crippen molar-refractivity contribution in [2.75, 3.05) is 0 Å². The molecular formula is C21H25N5S. The van der Waals surface area contributed by atoms with Crippen LogP contribution < -0.4 is 0 Å². The highest BCUT2D eigenvalue weighted by atomic mass is 32.2. The quantitative estimate of drug-likeness (QED) is 0.509. The lowest BCUT2D eigenvalue weighted by Gasteiger charge is -2.24. The van der Waals surface area contributed by atoms with Crippen molar-refractivity contribution in [3.63, 3.8) is 0 Å². The molecule has 27 heavy (non-hydrogen) atoms. The molecule has 4 aromatic rings. The first-order chi connectivity index (χ1) is 12.7. The van der Waals surface area contributed by atoms with E-state index in [1.807, 2.05) is 22.3 Å². The second kappa shape index (κ2) is 6.37. The average molecular weight is 380 g/mol. The van der Waals surface area contributed by atoms with Gasteiger partial charge in [0.1, 0.15) is 12.0 Å². The number of hydrogen-bond donors (Lipinski definition) is 0. The lowest BCUT2D eigenvalue weighted by Crippen LogP contribution is -2.13. The topological polar surface area (TPSA) is 47.5 Å². The molecule has 0 atom stereocenters. The number of fused-ring (bicyclic) bond motifs is 2. The minimum atomic E-state index is -0.0491. The molecule has 0 radical (unpaired) electrons. The first kappa shape index (κ1) is 18.0. The van der Waals surface area contributed by atoms with Gasteiger partial charge in [-0.2, -0.15) is 5.10 Å². The summed E-state index contributed by atoms with van der Waals surface area (Å²) >= 11 is 1.88. The minimum absolute atomic E-state index is 0.0491. The molecule has 0 aliphatic heterocycles. The van der Waals surface area contributed by atoms with E-state index >= 15 is 0 Å². The molecule has 0 fully saturated rings. The van der Waals surface area contributed by atoms with E-state index in [9.17, 15) is 0 Å². The highest BCUT2D eigenvalue weighted by Crippen LogP contribution is 2.37. The van der Waals surface area contributed by atoms with Crippen LogP contribution in [0.5, 0.6) is 0 Å². The van der Waals surface area contributed by atoms with E-state index in [0.717, 1.165) is 22.7 Å². The van der Waals surface area contributed by atoms with E-state index in [0.29, 0.717) is 0 Å². The van der Waals surface area contributed by atoms with Gasteiger partial charge in [0, 0.05) is 29.1 Å². The van der Waals surface area contributed by atoms with Crippen molar-refractivity contribution in [2.45, 2.75) is 50.5 Å². The lowest BCUT2D eigenvalue weighted by molar-refractivity contribution is 0.586. The van der Waals surface area contributed by atoms with Gasteiger partial charge < -0.3 is 4.40 Å². The Labute approximate surface area is 163 Å². The first-order valence-electron chi connectivity index (χ1n) is 9.14. The summed E-state index contributed by atoms with van der Waals surface area (Å²) < 4.78 is 3.92. The van der Waals surface area contributed by atoms with Crippen LogP contribution in [-0.2, 0) is 15.9 Å². The van der Waals surface area contributed by atoms with Crippen LogP contribution >= 0.6 is 11.8 Å². The van der Waals surface area contributed by atoms with Crippen molar-refractivity contribution in [3.8, 4) is 0 Å². The van der Waals surface area contributed by atoms with Gasteiger partial charge in [0.15, 0.2) is 5.65 Å². The maximum atomic E-state index is 4.79. The lowest BCUT2D eigenvalue weighted by atomic mass is 9.88. The van der Waals surface area contributed by atoms with Gasteiger partial charge in [0.2, 0.25) is 0 Å². The van der Waals surface area contributed by atoms with Crippen LogP contribution in [0.25, 0.3) is 11.3 Å². The summed E-state index contributed by atoms with van der Waals surface area (Å²) in [6.45, 7) is 11.2. The number of imidazole rings is 1. The van der Waals surface area contributed by atoms with E-state index < -0.39 is 0 Å². The molecule has 6 heteroatoms. The molecule has 4 aromatic heterocycles. The molecule has 4 rings (SSSR count). The SMILES string of the molecule is CC(C)(C)c1ccc2nc(CSC(C)(C)c3ccc4ncnn4c3)cn2c1. The summed E-state index contributed by atoms with van der Waals surface area (Å²) in [6.07, 6.45) is 7.99. The molecule has 0 saturated heterocycles. The molecule has 0 aliphatic rings. The summed E-state index contributed by atoms with van der Waals surface area (Å²) in [6, 6.07) is 8.44. The molecule has 140 valence electrons. The number of aromatic nitrogens is 5. The maximum absolute atomic E-state index is 4.79. The Morgan fingerprint density at radius 2 is 1.63 bits per heavy atom. The third-order valence-corrected chi connectivity index (χ3v) is 6.31. The molecular weight excluding hydrogens is 354 g/mol. The smallest absolute Gasteiger partial charge is 0.155 e. The number of thioether (sulfide) groups is 1. The van der Waals surface area contributed by atoms with Crippen LogP contribution in [0.4, 0.5) is 0 Å². The predicted octanol–water partition coefficient (Wildman–Crippen LogP) is 4.84. The second-order valence-corrected chi connectivity index (χ2v) is 10.0. The highest BCUT2D eigenvalue weighted by molar-refractivity contribution is 7.99. The summed E-state index contributed by atoms with van der Waals surface area (Å²) in [5.41, 5.74) is 5.64. The molecule has 0 amide bonds. The standard InChI is InChI=1S/C21H25N5S/c1-20(2,3)15-6-9-19-24-17(12-25(19)10-15)13-27-21(4,5)16-7-8-18-22-14-23-26(18)11-16/h6-12,14H,13H2,1-5H3. The number of nitrogens with zero attached hydrogens (tertiary/aromatic N) is 5. The van der Waals surface area contributed by atoms with E-state index in [1.54, 1.807) is 6.33 Å². The zero-order chi connectivity index (χ0) is 19.2. The van der Waals surface area contributed by atoms with Crippen molar-refractivity contribution in [2.24, 2.45) is 0 Å². The largest absolute Gasteiger partial charge is 0.306 e. The normalized spacial score (nSPS) is 12.9. The molecule has 0 aliphatic carbocycles. The van der Waals surface area contributed by atoms with Gasteiger partial charge >= 0.3 is 0 Å². The Morgan fingerprint density at radius 3 is 2.41 bits per heavy atom. The second-order valence-electron chi connectivity index (χ2n) is 8.45. The van der Waals surface area contributed by atoms with Gasteiger partial charge in [-0.1, -0.05) is 32.9 Å². The van der Waals surface area contributed by atoms with Gasteiger partial charge in [-0.25, -0.2) is 14.5 Å². The summed E-state index contributed by atoms with van der Waals surface area (Å²) in [4.78, 5) is 9.01. The van der Waals surface area contributed by atoms with Crippen molar-refractivity contribution in [1.82, 2.24) is 24.0 Å². The number of rotatable bonds is 4. The average Bonchev–Trinajstić information content (AvgIpc) is 3.24. The molecule has 0 bridgehead atoms. The number of hydrogen-bond acceptors (Lipinski definition) is 4. The van der Waals surface area contributed by atoms with Gasteiger partial charge in [-0.05, 0) is 42.5 Å². The van der Waals surface area contributed by atoms with Crippen LogP contribution in [0.2, 0.25) is 0 Å². The van der Waals surface area contributed by atoms with Gasteiger partial charge in [-0.15, -0.1) is 11.8 Å². The van der Waals surface area contributed by atoms with Crippen LogP contribution in [-0.4, -0.2) is 24.0 Å². The monoisotopic (exact) mass is 379 g/mol. The first-order valence-corrected chi connectivity index (χ1v) is 10.1. The summed E-state index contributed by atoms with van der Waals surface area (Å²) in [7, 11) is 0. The van der Waals surface area contributed by atoms with Crippen LogP contribution in [0.3, 0.4) is 0 Å². The Hall–Kier alpha value is -2.34. The fourth-order valence-electron chi connectivity index (χ4n) is 3.07. The van der Waals surface area contributed by atoms with Crippen molar-refractivity contribution in [3.05, 3.63) is 66.0 Å². The minimum Gasteiger partial charge on any atom is -0.306 e. The molecule has 4 heterocycles. The van der Waals surface area contributed by atoms with Crippen LogP contribution in [0.1, 0.15) is 51.4 Å². The fraction of sp³-hybridized carbons (Fsp3) is 0.381. The Bertz CT molecular complexity index is 1100. The molecule has 0 spiro atoms. The van der Waals surface area contributed by atoms with Crippen molar-refractivity contribution in [1.29, 1.82) is 0 Å². The molecule has 0 N–H and O–H groups in total. The van der Waals surface area contributed by atoms with Crippen molar-refractivity contribution >= 4 is 23.1 Å². The summed E-state index contributed by atoms with van der Waals surface area (Å²) in [5, 5.41) is 4.25. The van der Waals surface area contributed by atoms with Gasteiger partial charge in [-0.3, -0.25) is 0 Å². The van der Waals surface area contributed by atoms with Crippen LogP contribution in [0, 0.1) is 0 Å². The Morgan fingerprint density at radius 1 is 0.889 bits per heavy atom. The molecule has 0 unspecified atom stereocenters. The van der Waals surface area contributed by atoms with E-state index in [1.165, 1.54) is 11.1 Å². The molecule has 5 nitrogen and oxygen atoms in total. The number of pyridine rings is 2. The zero-order valence-corrected chi connectivity index (χ0v) is 17.3. The van der Waals surface area contributed by atoms with Gasteiger partial charge in [0.05, 0.1) is 5.69 Å².